The molecule has 1 aromatic heterocycles. The minimum Gasteiger partial charge on any atom is -0.396 e. The standard InChI is InChI=1S/C12H15N3O/c1-10-4-2-5-11(8-10)12-9-15(14-13-12)6-3-7-16/h2,4-5,8-9,16H,3,6-7H2,1H3. The van der Waals surface area contributed by atoms with Crippen molar-refractivity contribution in [1.82, 2.24) is 15.0 Å². The maximum Gasteiger partial charge on any atom is 0.113 e. The van der Waals surface area contributed by atoms with Crippen LogP contribution in [0.1, 0.15) is 12.0 Å². The Morgan fingerprint density at radius 1 is 1.38 bits per heavy atom. The summed E-state index contributed by atoms with van der Waals surface area (Å²) in [6.07, 6.45) is 2.61. The van der Waals surface area contributed by atoms with Gasteiger partial charge in [0.1, 0.15) is 5.69 Å². The molecule has 1 heterocycles. The Hall–Kier alpha value is -1.68. The summed E-state index contributed by atoms with van der Waals surface area (Å²) >= 11 is 0. The molecule has 0 aliphatic heterocycles. The highest BCUT2D eigenvalue weighted by Gasteiger charge is 2.03. The molecule has 0 unspecified atom stereocenters. The van der Waals surface area contributed by atoms with Crippen LogP contribution in [0.15, 0.2) is 30.5 Å². The molecule has 4 nitrogen and oxygen atoms in total. The van der Waals surface area contributed by atoms with Crippen LogP contribution in [0.5, 0.6) is 0 Å². The first-order valence-corrected chi connectivity index (χ1v) is 5.37. The van der Waals surface area contributed by atoms with Gasteiger partial charge in [0.2, 0.25) is 0 Å². The average Bonchev–Trinajstić information content (AvgIpc) is 2.75. The molecule has 0 saturated carbocycles. The summed E-state index contributed by atoms with van der Waals surface area (Å²) in [5.74, 6) is 0. The molecular formula is C12H15N3O. The van der Waals surface area contributed by atoms with E-state index in [-0.39, 0.29) is 6.61 Å². The fourth-order valence-electron chi connectivity index (χ4n) is 1.58. The van der Waals surface area contributed by atoms with E-state index in [1.165, 1.54) is 5.56 Å². The van der Waals surface area contributed by atoms with Crippen molar-refractivity contribution in [3.8, 4) is 11.3 Å². The molecule has 0 spiro atoms. The quantitative estimate of drug-likeness (QED) is 0.847. The van der Waals surface area contributed by atoms with Crippen molar-refractivity contribution in [3.05, 3.63) is 36.0 Å². The minimum atomic E-state index is 0.180. The van der Waals surface area contributed by atoms with Crippen LogP contribution in [0.2, 0.25) is 0 Å². The molecule has 1 aromatic carbocycles. The molecule has 0 atom stereocenters. The molecule has 2 rings (SSSR count). The van der Waals surface area contributed by atoms with E-state index in [9.17, 15) is 0 Å². The topological polar surface area (TPSA) is 50.9 Å². The molecule has 4 heteroatoms. The van der Waals surface area contributed by atoms with E-state index >= 15 is 0 Å². The molecule has 84 valence electrons. The fourth-order valence-corrected chi connectivity index (χ4v) is 1.58. The fraction of sp³-hybridized carbons (Fsp3) is 0.333. The van der Waals surface area contributed by atoms with Gasteiger partial charge in [-0.1, -0.05) is 29.0 Å². The second-order valence-electron chi connectivity index (χ2n) is 3.81. The number of hydrogen-bond acceptors (Lipinski definition) is 3. The number of aliphatic hydroxyl groups is 1. The number of aliphatic hydroxyl groups excluding tert-OH is 1. The number of aryl methyl sites for hydroxylation is 2. The normalized spacial score (nSPS) is 10.6. The van der Waals surface area contributed by atoms with Crippen LogP contribution in [0.3, 0.4) is 0 Å². The van der Waals surface area contributed by atoms with Crippen LogP contribution in [-0.2, 0) is 6.54 Å². The molecule has 1 N–H and O–H groups in total. The Morgan fingerprint density at radius 2 is 2.25 bits per heavy atom. The molecule has 0 radical (unpaired) electrons. The van der Waals surface area contributed by atoms with E-state index in [4.69, 9.17) is 5.11 Å². The van der Waals surface area contributed by atoms with E-state index in [1.54, 1.807) is 4.68 Å². The van der Waals surface area contributed by atoms with Gasteiger partial charge in [0.05, 0.1) is 6.20 Å². The Balaban J connectivity index is 2.18. The van der Waals surface area contributed by atoms with E-state index < -0.39 is 0 Å². The van der Waals surface area contributed by atoms with Crippen molar-refractivity contribution in [3.63, 3.8) is 0 Å². The molecular weight excluding hydrogens is 202 g/mol. The summed E-state index contributed by atoms with van der Waals surface area (Å²) in [4.78, 5) is 0. The predicted octanol–water partition coefficient (Wildman–Crippen LogP) is 1.64. The number of rotatable bonds is 4. The first-order valence-electron chi connectivity index (χ1n) is 5.37. The van der Waals surface area contributed by atoms with Crippen molar-refractivity contribution in [2.45, 2.75) is 19.9 Å². The molecule has 0 aliphatic carbocycles. The Labute approximate surface area is 94.5 Å². The van der Waals surface area contributed by atoms with E-state index in [2.05, 4.69) is 29.4 Å². The van der Waals surface area contributed by atoms with Gasteiger partial charge in [-0.25, -0.2) is 0 Å². The van der Waals surface area contributed by atoms with Gasteiger partial charge in [-0.05, 0) is 19.4 Å². The van der Waals surface area contributed by atoms with Crippen LogP contribution in [0.4, 0.5) is 0 Å². The van der Waals surface area contributed by atoms with Gasteiger partial charge in [0.25, 0.3) is 0 Å². The number of aromatic nitrogens is 3. The average molecular weight is 217 g/mol. The lowest BCUT2D eigenvalue weighted by Crippen LogP contribution is -2.00. The first-order chi connectivity index (χ1) is 7.79. The molecule has 0 saturated heterocycles. The highest BCUT2D eigenvalue weighted by Crippen LogP contribution is 2.16. The number of nitrogens with zero attached hydrogens (tertiary/aromatic N) is 3. The van der Waals surface area contributed by atoms with Crippen LogP contribution in [0, 0.1) is 6.92 Å². The summed E-state index contributed by atoms with van der Waals surface area (Å²) in [5, 5.41) is 16.9. The van der Waals surface area contributed by atoms with Crippen LogP contribution in [0.25, 0.3) is 11.3 Å². The molecule has 0 amide bonds. The van der Waals surface area contributed by atoms with Crippen LogP contribution >= 0.6 is 0 Å². The zero-order valence-corrected chi connectivity index (χ0v) is 9.30. The zero-order valence-electron chi connectivity index (χ0n) is 9.30. The summed E-state index contributed by atoms with van der Waals surface area (Å²) in [7, 11) is 0. The van der Waals surface area contributed by atoms with Gasteiger partial charge >= 0.3 is 0 Å². The molecule has 0 aliphatic rings. The van der Waals surface area contributed by atoms with Gasteiger partial charge in [0.15, 0.2) is 0 Å². The lowest BCUT2D eigenvalue weighted by Gasteiger charge is -1.97. The van der Waals surface area contributed by atoms with E-state index in [0.29, 0.717) is 13.0 Å². The lowest BCUT2D eigenvalue weighted by molar-refractivity contribution is 0.276. The highest BCUT2D eigenvalue weighted by atomic mass is 16.3. The van der Waals surface area contributed by atoms with Crippen molar-refractivity contribution in [2.75, 3.05) is 6.61 Å². The Morgan fingerprint density at radius 3 is 3.00 bits per heavy atom. The minimum absolute atomic E-state index is 0.180. The van der Waals surface area contributed by atoms with Crippen LogP contribution in [-0.4, -0.2) is 26.7 Å². The second kappa shape index (κ2) is 4.90. The van der Waals surface area contributed by atoms with Gasteiger partial charge in [-0.15, -0.1) is 5.10 Å². The van der Waals surface area contributed by atoms with E-state index in [1.807, 2.05) is 18.3 Å². The maximum atomic E-state index is 8.73. The summed E-state index contributed by atoms with van der Waals surface area (Å²) in [6, 6.07) is 8.17. The van der Waals surface area contributed by atoms with Gasteiger partial charge in [0, 0.05) is 18.7 Å². The zero-order chi connectivity index (χ0) is 11.4. The predicted molar refractivity (Wildman–Crippen MR) is 61.9 cm³/mol. The maximum absolute atomic E-state index is 8.73. The SMILES string of the molecule is Cc1cccc(-c2cn(CCCO)nn2)c1. The van der Waals surface area contributed by atoms with Crippen molar-refractivity contribution >= 4 is 0 Å². The third-order valence-corrected chi connectivity index (χ3v) is 2.40. The monoisotopic (exact) mass is 217 g/mol. The summed E-state index contributed by atoms with van der Waals surface area (Å²) in [6.45, 7) is 2.94. The second-order valence-corrected chi connectivity index (χ2v) is 3.81. The van der Waals surface area contributed by atoms with Crippen molar-refractivity contribution < 1.29 is 5.11 Å². The third kappa shape index (κ3) is 2.46. The van der Waals surface area contributed by atoms with Gasteiger partial charge in [-0.2, -0.15) is 0 Å². The number of benzene rings is 1. The molecule has 16 heavy (non-hydrogen) atoms. The largest absolute Gasteiger partial charge is 0.396 e. The Kier molecular flexibility index (Phi) is 3.31. The third-order valence-electron chi connectivity index (χ3n) is 2.40. The molecule has 0 bridgehead atoms. The van der Waals surface area contributed by atoms with Crippen molar-refractivity contribution in [1.29, 1.82) is 0 Å². The Bertz CT molecular complexity index is 465. The summed E-state index contributed by atoms with van der Waals surface area (Å²) < 4.78 is 1.76. The van der Waals surface area contributed by atoms with E-state index in [0.717, 1.165) is 11.3 Å². The van der Waals surface area contributed by atoms with Crippen LogP contribution < -0.4 is 0 Å². The lowest BCUT2D eigenvalue weighted by atomic mass is 10.1. The number of hydrogen-bond donors (Lipinski definition) is 1. The smallest absolute Gasteiger partial charge is 0.113 e. The van der Waals surface area contributed by atoms with Gasteiger partial charge < -0.3 is 5.11 Å². The first kappa shape index (κ1) is 10.8. The molecule has 2 aromatic rings. The highest BCUT2D eigenvalue weighted by molar-refractivity contribution is 5.58. The molecule has 0 fully saturated rings. The van der Waals surface area contributed by atoms with Crippen molar-refractivity contribution in [2.24, 2.45) is 0 Å². The summed E-state index contributed by atoms with van der Waals surface area (Å²) in [5.41, 5.74) is 3.17. The van der Waals surface area contributed by atoms with Gasteiger partial charge in [-0.3, -0.25) is 4.68 Å².